The van der Waals surface area contributed by atoms with Gasteiger partial charge in [-0.25, -0.2) is 8.78 Å². The third-order valence-electron chi connectivity index (χ3n) is 4.59. The molecule has 0 unspecified atom stereocenters. The molecule has 1 saturated carbocycles. The van der Waals surface area contributed by atoms with E-state index in [0.29, 0.717) is 5.56 Å². The number of amides is 2. The van der Waals surface area contributed by atoms with Crippen LogP contribution >= 0.6 is 58.0 Å². The minimum absolute atomic E-state index is 0.0312. The molecule has 1 aliphatic carbocycles. The molecule has 2 N–H and O–H groups in total. The highest BCUT2D eigenvalue weighted by atomic mass is 35.5. The topological polar surface area (TPSA) is 58.2 Å². The number of benzene rings is 2. The molecule has 11 heteroatoms. The lowest BCUT2D eigenvalue weighted by atomic mass is 10.1. The SMILES string of the molecule is O=C(NCCF)c1c(Cl)ccc(NC(=O)[C@H]2[C@H](c3ccc(F)c(Cl)c3)C2(Cl)Cl)c1Cl. The van der Waals surface area contributed by atoms with Gasteiger partial charge in [0.05, 0.1) is 32.2 Å². The molecular formula is C19H13Cl5F2N2O2. The minimum atomic E-state index is -1.44. The second kappa shape index (κ2) is 9.05. The Hall–Kier alpha value is -1.31. The van der Waals surface area contributed by atoms with Crippen molar-refractivity contribution in [1.29, 1.82) is 0 Å². The van der Waals surface area contributed by atoms with Gasteiger partial charge in [-0.2, -0.15) is 0 Å². The number of carbonyl (C=O) groups excluding carboxylic acids is 2. The van der Waals surface area contributed by atoms with Crippen molar-refractivity contribution in [3.8, 4) is 0 Å². The van der Waals surface area contributed by atoms with E-state index in [4.69, 9.17) is 58.0 Å². The first-order valence-corrected chi connectivity index (χ1v) is 10.4. The van der Waals surface area contributed by atoms with Crippen LogP contribution in [0.5, 0.6) is 0 Å². The molecule has 2 atom stereocenters. The Kier molecular flexibility index (Phi) is 7.04. The quantitative estimate of drug-likeness (QED) is 0.462. The van der Waals surface area contributed by atoms with E-state index in [-0.39, 0.29) is 32.9 Å². The zero-order chi connectivity index (χ0) is 22.2. The summed E-state index contributed by atoms with van der Waals surface area (Å²) < 4.78 is 24.3. The van der Waals surface area contributed by atoms with Crippen molar-refractivity contribution in [3.63, 3.8) is 0 Å². The maximum absolute atomic E-state index is 13.4. The third kappa shape index (κ3) is 4.48. The van der Waals surface area contributed by atoms with Gasteiger partial charge in [-0.3, -0.25) is 9.59 Å². The molecule has 0 radical (unpaired) electrons. The lowest BCUT2D eigenvalue weighted by Crippen LogP contribution is -2.26. The number of rotatable bonds is 6. The Balaban J connectivity index is 1.82. The molecule has 0 heterocycles. The summed E-state index contributed by atoms with van der Waals surface area (Å²) >= 11 is 30.6. The van der Waals surface area contributed by atoms with E-state index in [1.54, 1.807) is 0 Å². The number of anilines is 1. The van der Waals surface area contributed by atoms with Crippen LogP contribution in [-0.2, 0) is 4.79 Å². The average Bonchev–Trinajstić information content (AvgIpc) is 3.26. The first-order valence-electron chi connectivity index (χ1n) is 8.55. The Bertz CT molecular complexity index is 1020. The normalized spacial score (nSPS) is 19.3. The molecule has 0 spiro atoms. The summed E-state index contributed by atoms with van der Waals surface area (Å²) in [6, 6.07) is 6.74. The summed E-state index contributed by atoms with van der Waals surface area (Å²) in [5.74, 6) is -3.36. The summed E-state index contributed by atoms with van der Waals surface area (Å²) in [7, 11) is 0. The number of halogens is 7. The van der Waals surface area contributed by atoms with Gasteiger partial charge >= 0.3 is 0 Å². The Labute approximate surface area is 195 Å². The van der Waals surface area contributed by atoms with E-state index in [0.717, 1.165) is 6.07 Å². The van der Waals surface area contributed by atoms with Crippen LogP contribution < -0.4 is 10.6 Å². The van der Waals surface area contributed by atoms with Crippen molar-refractivity contribution in [2.24, 2.45) is 5.92 Å². The molecule has 0 aliphatic heterocycles. The van der Waals surface area contributed by atoms with E-state index in [1.165, 1.54) is 24.3 Å². The van der Waals surface area contributed by atoms with Gasteiger partial charge in [0, 0.05) is 12.5 Å². The molecular weight excluding hydrogens is 503 g/mol. The molecule has 0 bridgehead atoms. The summed E-state index contributed by atoms with van der Waals surface area (Å²) in [5.41, 5.74) is 0.494. The highest BCUT2D eigenvalue weighted by Crippen LogP contribution is 2.65. The fraction of sp³-hybridized carbons (Fsp3) is 0.263. The Morgan fingerprint density at radius 2 is 1.77 bits per heavy atom. The van der Waals surface area contributed by atoms with E-state index < -0.39 is 40.5 Å². The van der Waals surface area contributed by atoms with Gasteiger partial charge in [-0.05, 0) is 29.8 Å². The van der Waals surface area contributed by atoms with Crippen LogP contribution in [-0.4, -0.2) is 29.4 Å². The van der Waals surface area contributed by atoms with Crippen molar-refractivity contribution < 1.29 is 18.4 Å². The van der Waals surface area contributed by atoms with Gasteiger partial charge in [0.25, 0.3) is 5.91 Å². The standard InChI is InChI=1S/C19H13Cl5F2N2O2/c20-9-2-4-12(16(22)13(9)17(29)27-6-5-25)28-18(30)15-14(19(15,23)24)8-1-3-11(26)10(21)7-8/h1-4,7,14-15H,5-6H2,(H,27,29)(H,28,30)/t14-,15+/m0/s1. The first kappa shape index (κ1) is 23.4. The minimum Gasteiger partial charge on any atom is -0.349 e. The predicted octanol–water partition coefficient (Wildman–Crippen LogP) is 6.01. The average molecular weight is 517 g/mol. The second-order valence-electron chi connectivity index (χ2n) is 6.52. The van der Waals surface area contributed by atoms with Gasteiger partial charge in [0.2, 0.25) is 5.91 Å². The van der Waals surface area contributed by atoms with E-state index >= 15 is 0 Å². The largest absolute Gasteiger partial charge is 0.349 e. The van der Waals surface area contributed by atoms with Crippen molar-refractivity contribution >= 4 is 75.5 Å². The van der Waals surface area contributed by atoms with Crippen LogP contribution in [0.15, 0.2) is 30.3 Å². The Morgan fingerprint density at radius 3 is 2.40 bits per heavy atom. The van der Waals surface area contributed by atoms with E-state index in [1.807, 2.05) is 0 Å². The number of carbonyl (C=O) groups is 2. The summed E-state index contributed by atoms with van der Waals surface area (Å²) in [5, 5.41) is 4.68. The number of alkyl halides is 3. The fourth-order valence-electron chi connectivity index (χ4n) is 3.09. The Morgan fingerprint density at radius 1 is 1.07 bits per heavy atom. The molecule has 0 aromatic heterocycles. The monoisotopic (exact) mass is 514 g/mol. The van der Waals surface area contributed by atoms with Crippen LogP contribution in [0.25, 0.3) is 0 Å². The number of hydrogen-bond donors (Lipinski definition) is 2. The van der Waals surface area contributed by atoms with E-state index in [2.05, 4.69) is 10.6 Å². The maximum atomic E-state index is 13.4. The van der Waals surface area contributed by atoms with Gasteiger partial charge in [0.15, 0.2) is 0 Å². The highest BCUT2D eigenvalue weighted by molar-refractivity contribution is 6.53. The zero-order valence-corrected chi connectivity index (χ0v) is 18.7. The number of nitrogens with one attached hydrogen (secondary N) is 2. The highest BCUT2D eigenvalue weighted by Gasteiger charge is 2.67. The lowest BCUT2D eigenvalue weighted by Gasteiger charge is -2.13. The molecule has 3 rings (SSSR count). The third-order valence-corrected chi connectivity index (χ3v) is 6.53. The van der Waals surface area contributed by atoms with Gasteiger partial charge in [-0.15, -0.1) is 23.2 Å². The predicted molar refractivity (Wildman–Crippen MR) is 115 cm³/mol. The van der Waals surface area contributed by atoms with Gasteiger partial charge in [-0.1, -0.05) is 40.9 Å². The lowest BCUT2D eigenvalue weighted by molar-refractivity contribution is -0.117. The summed E-state index contributed by atoms with van der Waals surface area (Å²) in [6.45, 7) is -0.978. The van der Waals surface area contributed by atoms with Crippen LogP contribution in [0.3, 0.4) is 0 Å². The fourth-order valence-corrected chi connectivity index (χ4v) is 4.70. The van der Waals surface area contributed by atoms with Gasteiger partial charge < -0.3 is 10.6 Å². The molecule has 160 valence electrons. The van der Waals surface area contributed by atoms with Crippen molar-refractivity contribution in [1.82, 2.24) is 5.32 Å². The second-order valence-corrected chi connectivity index (χ2v) is 9.16. The van der Waals surface area contributed by atoms with Crippen LogP contribution in [0.2, 0.25) is 15.1 Å². The molecule has 30 heavy (non-hydrogen) atoms. The van der Waals surface area contributed by atoms with Crippen LogP contribution in [0.1, 0.15) is 21.8 Å². The molecule has 2 aromatic carbocycles. The molecule has 2 amide bonds. The van der Waals surface area contributed by atoms with Crippen molar-refractivity contribution in [3.05, 3.63) is 62.3 Å². The van der Waals surface area contributed by atoms with Crippen molar-refractivity contribution in [2.75, 3.05) is 18.5 Å². The summed E-state index contributed by atoms with van der Waals surface area (Å²) in [6.07, 6.45) is 0. The molecule has 1 aliphatic rings. The maximum Gasteiger partial charge on any atom is 0.254 e. The number of hydrogen-bond acceptors (Lipinski definition) is 2. The molecule has 1 fully saturated rings. The van der Waals surface area contributed by atoms with E-state index in [9.17, 15) is 18.4 Å². The molecule has 0 saturated heterocycles. The smallest absolute Gasteiger partial charge is 0.254 e. The zero-order valence-electron chi connectivity index (χ0n) is 14.9. The first-order chi connectivity index (χ1) is 14.1. The van der Waals surface area contributed by atoms with Gasteiger partial charge in [0.1, 0.15) is 16.8 Å². The molecule has 2 aromatic rings. The van der Waals surface area contributed by atoms with Crippen LogP contribution in [0.4, 0.5) is 14.5 Å². The van der Waals surface area contributed by atoms with Crippen molar-refractivity contribution in [2.45, 2.75) is 10.3 Å². The van der Waals surface area contributed by atoms with Crippen LogP contribution in [0, 0.1) is 11.7 Å². The summed E-state index contributed by atoms with van der Waals surface area (Å²) in [4.78, 5) is 25.0. The molecule has 4 nitrogen and oxygen atoms in total.